The summed E-state index contributed by atoms with van der Waals surface area (Å²) < 4.78 is 0. The third kappa shape index (κ3) is 4.40. The smallest absolute Gasteiger partial charge is 0.319 e. The van der Waals surface area contributed by atoms with Crippen molar-refractivity contribution < 1.29 is 14.7 Å². The van der Waals surface area contributed by atoms with Crippen molar-refractivity contribution in [3.63, 3.8) is 0 Å². The van der Waals surface area contributed by atoms with Gasteiger partial charge in [-0.2, -0.15) is 11.3 Å². The van der Waals surface area contributed by atoms with E-state index in [9.17, 15) is 9.59 Å². The van der Waals surface area contributed by atoms with Crippen LogP contribution in [0.2, 0.25) is 0 Å². The number of urea groups is 1. The highest BCUT2D eigenvalue weighted by Crippen LogP contribution is 2.10. The molecule has 0 fully saturated rings. The number of aliphatic carboxylic acids is 1. The number of carboxylic acid groups (broad SMARTS) is 1. The van der Waals surface area contributed by atoms with E-state index in [1.807, 2.05) is 16.8 Å². The lowest BCUT2D eigenvalue weighted by molar-refractivity contribution is -0.136. The van der Waals surface area contributed by atoms with Crippen LogP contribution in [0.3, 0.4) is 0 Å². The molecule has 1 aromatic heterocycles. The highest BCUT2D eigenvalue weighted by Gasteiger charge is 2.03. The highest BCUT2D eigenvalue weighted by molar-refractivity contribution is 7.07. The van der Waals surface area contributed by atoms with E-state index in [1.165, 1.54) is 0 Å². The summed E-state index contributed by atoms with van der Waals surface area (Å²) in [5, 5.41) is 18.0. The fraction of sp³-hybridized carbons (Fsp3) is 0.143. The lowest BCUT2D eigenvalue weighted by atomic mass is 10.1. The standard InChI is InChI=1S/C14H14N2O3S/c17-13(18)7-10-1-3-12(4-2-10)16-14(19)15-8-11-5-6-20-9-11/h1-6,9H,7-8H2,(H,17,18)(H2,15,16,19). The van der Waals surface area contributed by atoms with Crippen LogP contribution in [0.1, 0.15) is 11.1 Å². The van der Waals surface area contributed by atoms with Crippen LogP contribution < -0.4 is 10.6 Å². The molecule has 2 amide bonds. The number of thiophene rings is 1. The summed E-state index contributed by atoms with van der Waals surface area (Å²) >= 11 is 1.58. The summed E-state index contributed by atoms with van der Waals surface area (Å²) in [4.78, 5) is 22.2. The fourth-order valence-corrected chi connectivity index (χ4v) is 2.30. The first-order chi connectivity index (χ1) is 9.63. The second-order valence-corrected chi connectivity index (χ2v) is 4.99. The molecule has 0 atom stereocenters. The van der Waals surface area contributed by atoms with Gasteiger partial charge in [-0.3, -0.25) is 4.79 Å². The van der Waals surface area contributed by atoms with E-state index in [0.29, 0.717) is 17.8 Å². The summed E-state index contributed by atoms with van der Waals surface area (Å²) in [6.45, 7) is 0.479. The molecule has 0 saturated heterocycles. The number of carboxylic acids is 1. The van der Waals surface area contributed by atoms with Crippen molar-refractivity contribution in [2.45, 2.75) is 13.0 Å². The minimum absolute atomic E-state index is 0.0232. The third-order valence-electron chi connectivity index (χ3n) is 2.60. The van der Waals surface area contributed by atoms with Crippen molar-refractivity contribution in [2.75, 3.05) is 5.32 Å². The number of carbonyl (C=O) groups excluding carboxylic acids is 1. The number of hydrogen-bond donors (Lipinski definition) is 3. The molecular formula is C14H14N2O3S. The molecule has 0 bridgehead atoms. The zero-order valence-electron chi connectivity index (χ0n) is 10.6. The predicted molar refractivity (Wildman–Crippen MR) is 78.0 cm³/mol. The molecule has 2 aromatic rings. The molecule has 20 heavy (non-hydrogen) atoms. The van der Waals surface area contributed by atoms with Gasteiger partial charge in [0.1, 0.15) is 0 Å². The predicted octanol–water partition coefficient (Wildman–Crippen LogP) is 2.70. The number of rotatable bonds is 5. The lowest BCUT2D eigenvalue weighted by Gasteiger charge is -2.07. The Hall–Kier alpha value is -2.34. The highest BCUT2D eigenvalue weighted by atomic mass is 32.1. The first kappa shape index (κ1) is 14.1. The van der Waals surface area contributed by atoms with Gasteiger partial charge in [-0.1, -0.05) is 12.1 Å². The van der Waals surface area contributed by atoms with Crippen molar-refractivity contribution in [1.29, 1.82) is 0 Å². The van der Waals surface area contributed by atoms with Gasteiger partial charge in [0.25, 0.3) is 0 Å². The van der Waals surface area contributed by atoms with Crippen LogP contribution in [-0.4, -0.2) is 17.1 Å². The van der Waals surface area contributed by atoms with Crippen molar-refractivity contribution in [3.8, 4) is 0 Å². The average Bonchev–Trinajstić information content (AvgIpc) is 2.91. The Kier molecular flexibility index (Phi) is 4.73. The fourth-order valence-electron chi connectivity index (χ4n) is 1.63. The maximum atomic E-state index is 11.7. The number of hydrogen-bond acceptors (Lipinski definition) is 3. The molecular weight excluding hydrogens is 276 g/mol. The van der Waals surface area contributed by atoms with Gasteiger partial charge in [0, 0.05) is 12.2 Å². The Morgan fingerprint density at radius 3 is 2.45 bits per heavy atom. The van der Waals surface area contributed by atoms with Crippen molar-refractivity contribution in [1.82, 2.24) is 5.32 Å². The van der Waals surface area contributed by atoms with Crippen molar-refractivity contribution >= 4 is 29.0 Å². The molecule has 5 nitrogen and oxygen atoms in total. The van der Waals surface area contributed by atoms with Crippen LogP contribution in [0.25, 0.3) is 0 Å². The second kappa shape index (κ2) is 6.72. The maximum absolute atomic E-state index is 11.7. The first-order valence-corrected chi connectivity index (χ1v) is 6.94. The van der Waals surface area contributed by atoms with Gasteiger partial charge in [0.05, 0.1) is 6.42 Å². The van der Waals surface area contributed by atoms with E-state index < -0.39 is 5.97 Å². The summed E-state index contributed by atoms with van der Waals surface area (Å²) in [6, 6.07) is 8.39. The molecule has 6 heteroatoms. The van der Waals surface area contributed by atoms with Crippen LogP contribution >= 0.6 is 11.3 Å². The number of amides is 2. The molecule has 0 unspecified atom stereocenters. The molecule has 0 spiro atoms. The molecule has 0 aliphatic heterocycles. The van der Waals surface area contributed by atoms with E-state index in [2.05, 4.69) is 10.6 Å². The van der Waals surface area contributed by atoms with Crippen LogP contribution in [0.5, 0.6) is 0 Å². The van der Waals surface area contributed by atoms with E-state index in [1.54, 1.807) is 35.6 Å². The van der Waals surface area contributed by atoms with E-state index >= 15 is 0 Å². The zero-order valence-corrected chi connectivity index (χ0v) is 11.4. The number of anilines is 1. The van der Waals surface area contributed by atoms with Gasteiger partial charge in [0.15, 0.2) is 0 Å². The molecule has 1 heterocycles. The summed E-state index contributed by atoms with van der Waals surface area (Å²) in [5.41, 5.74) is 2.38. The minimum Gasteiger partial charge on any atom is -0.481 e. The molecule has 104 valence electrons. The number of carbonyl (C=O) groups is 2. The largest absolute Gasteiger partial charge is 0.481 e. The first-order valence-electron chi connectivity index (χ1n) is 6.00. The Bertz CT molecular complexity index is 579. The van der Waals surface area contributed by atoms with Crippen molar-refractivity contribution in [2.24, 2.45) is 0 Å². The van der Waals surface area contributed by atoms with E-state index in [4.69, 9.17) is 5.11 Å². The van der Waals surface area contributed by atoms with Gasteiger partial charge >= 0.3 is 12.0 Å². The topological polar surface area (TPSA) is 78.4 Å². The summed E-state index contributed by atoms with van der Waals surface area (Å²) in [6.07, 6.45) is -0.0232. The van der Waals surface area contributed by atoms with Gasteiger partial charge < -0.3 is 15.7 Å². The molecule has 0 aliphatic rings. The second-order valence-electron chi connectivity index (χ2n) is 4.21. The molecule has 3 N–H and O–H groups in total. The quantitative estimate of drug-likeness (QED) is 0.792. The lowest BCUT2D eigenvalue weighted by Crippen LogP contribution is -2.27. The summed E-state index contributed by atoms with van der Waals surface area (Å²) in [7, 11) is 0. The number of nitrogens with one attached hydrogen (secondary N) is 2. The third-order valence-corrected chi connectivity index (χ3v) is 3.33. The normalized spacial score (nSPS) is 10.0. The Labute approximate surface area is 120 Å². The van der Waals surface area contributed by atoms with Gasteiger partial charge in [-0.15, -0.1) is 0 Å². The molecule has 0 radical (unpaired) electrons. The minimum atomic E-state index is -0.876. The van der Waals surface area contributed by atoms with Crippen LogP contribution in [0.15, 0.2) is 41.1 Å². The van der Waals surface area contributed by atoms with Crippen LogP contribution in [0, 0.1) is 0 Å². The zero-order chi connectivity index (χ0) is 14.4. The Morgan fingerprint density at radius 2 is 1.85 bits per heavy atom. The van der Waals surface area contributed by atoms with E-state index in [-0.39, 0.29) is 12.5 Å². The molecule has 0 saturated carbocycles. The van der Waals surface area contributed by atoms with Gasteiger partial charge in [0.2, 0.25) is 0 Å². The molecule has 2 rings (SSSR count). The monoisotopic (exact) mass is 290 g/mol. The Morgan fingerprint density at radius 1 is 1.10 bits per heavy atom. The van der Waals surface area contributed by atoms with Crippen LogP contribution in [0.4, 0.5) is 10.5 Å². The SMILES string of the molecule is O=C(O)Cc1ccc(NC(=O)NCc2ccsc2)cc1. The maximum Gasteiger partial charge on any atom is 0.319 e. The number of benzene rings is 1. The van der Waals surface area contributed by atoms with Crippen molar-refractivity contribution in [3.05, 3.63) is 52.2 Å². The van der Waals surface area contributed by atoms with Gasteiger partial charge in [-0.05, 0) is 40.1 Å². The molecule has 0 aliphatic carbocycles. The summed E-state index contributed by atoms with van der Waals surface area (Å²) in [5.74, 6) is -0.876. The van der Waals surface area contributed by atoms with Crippen LogP contribution in [-0.2, 0) is 17.8 Å². The van der Waals surface area contributed by atoms with E-state index in [0.717, 1.165) is 5.56 Å². The van der Waals surface area contributed by atoms with Gasteiger partial charge in [-0.25, -0.2) is 4.79 Å². The average molecular weight is 290 g/mol. The Balaban J connectivity index is 1.83. The molecule has 1 aromatic carbocycles.